The van der Waals surface area contributed by atoms with E-state index in [-0.39, 0.29) is 5.91 Å². The molecule has 0 bridgehead atoms. The fourth-order valence-electron chi connectivity index (χ4n) is 3.79. The average Bonchev–Trinajstić information content (AvgIpc) is 2.72. The smallest absolute Gasteiger partial charge is 0.257 e. The van der Waals surface area contributed by atoms with E-state index in [0.29, 0.717) is 17.9 Å². The normalized spacial score (nSPS) is 11.1. The number of benzene rings is 1. The molecule has 0 aliphatic heterocycles. The Labute approximate surface area is 186 Å². The first kappa shape index (κ1) is 26.5. The molecule has 3 nitrogen and oxygen atoms in total. The topological polar surface area (TPSA) is 29.5 Å². The van der Waals surface area contributed by atoms with Crippen molar-refractivity contribution in [2.24, 2.45) is 5.92 Å². The number of rotatable bonds is 18. The first-order valence-electron chi connectivity index (χ1n) is 12.5. The number of hydrogen-bond acceptors (Lipinski definition) is 2. The monoisotopic (exact) mass is 417 g/mol. The summed E-state index contributed by atoms with van der Waals surface area (Å²) in [5, 5.41) is 0. The fraction of sp³-hybridized carbons (Fsp3) is 0.741. The Kier molecular flexibility index (Phi) is 15.2. The van der Waals surface area contributed by atoms with Crippen LogP contribution in [0.5, 0.6) is 5.75 Å². The molecule has 30 heavy (non-hydrogen) atoms. The number of carbonyl (C=O) groups excluding carboxylic acids is 1. The molecule has 0 atom stereocenters. The third-order valence-corrected chi connectivity index (χ3v) is 5.71. The maximum Gasteiger partial charge on any atom is 0.257 e. The molecular formula is C27H47NO2. The van der Waals surface area contributed by atoms with Gasteiger partial charge in [0.2, 0.25) is 0 Å². The number of para-hydroxylation sites is 1. The van der Waals surface area contributed by atoms with Crippen molar-refractivity contribution in [2.75, 3.05) is 20.7 Å². The highest BCUT2D eigenvalue weighted by molar-refractivity contribution is 5.96. The largest absolute Gasteiger partial charge is 0.493 e. The third kappa shape index (κ3) is 12.9. The Morgan fingerprint density at radius 2 is 1.23 bits per heavy atom. The van der Waals surface area contributed by atoms with Crippen LogP contribution in [0.15, 0.2) is 24.3 Å². The van der Waals surface area contributed by atoms with Crippen LogP contribution in [-0.2, 0) is 0 Å². The summed E-state index contributed by atoms with van der Waals surface area (Å²) in [7, 11) is 3.54. The first-order valence-corrected chi connectivity index (χ1v) is 12.5. The zero-order valence-electron chi connectivity index (χ0n) is 20.3. The number of carbonyl (C=O) groups is 1. The van der Waals surface area contributed by atoms with Gasteiger partial charge in [0.15, 0.2) is 0 Å². The van der Waals surface area contributed by atoms with Crippen molar-refractivity contribution < 1.29 is 9.53 Å². The molecule has 0 heterocycles. The van der Waals surface area contributed by atoms with Crippen molar-refractivity contribution >= 4 is 5.91 Å². The molecule has 0 fully saturated rings. The minimum absolute atomic E-state index is 0.00303. The van der Waals surface area contributed by atoms with Crippen molar-refractivity contribution in [1.82, 2.24) is 4.90 Å². The maximum absolute atomic E-state index is 12.2. The highest BCUT2D eigenvalue weighted by atomic mass is 16.5. The van der Waals surface area contributed by atoms with Crippen LogP contribution in [0.2, 0.25) is 0 Å². The Balaban J connectivity index is 1.92. The van der Waals surface area contributed by atoms with Crippen LogP contribution < -0.4 is 4.74 Å². The molecule has 1 rings (SSSR count). The van der Waals surface area contributed by atoms with Gasteiger partial charge in [0, 0.05) is 14.1 Å². The van der Waals surface area contributed by atoms with Crippen molar-refractivity contribution in [3.8, 4) is 5.75 Å². The van der Waals surface area contributed by atoms with Gasteiger partial charge in [-0.3, -0.25) is 4.79 Å². The molecule has 0 saturated heterocycles. The number of nitrogens with zero attached hydrogens (tertiary/aromatic N) is 1. The van der Waals surface area contributed by atoms with Gasteiger partial charge >= 0.3 is 0 Å². The molecule has 0 aromatic heterocycles. The fourth-order valence-corrected chi connectivity index (χ4v) is 3.79. The molecule has 1 amide bonds. The molecule has 0 unspecified atom stereocenters. The zero-order valence-corrected chi connectivity index (χ0v) is 20.3. The minimum Gasteiger partial charge on any atom is -0.493 e. The highest BCUT2D eigenvalue weighted by Gasteiger charge is 2.13. The first-order chi connectivity index (χ1) is 14.5. The second-order valence-corrected chi connectivity index (χ2v) is 9.32. The lowest BCUT2D eigenvalue weighted by atomic mass is 10.0. The molecule has 0 aliphatic rings. The van der Waals surface area contributed by atoms with Crippen LogP contribution in [0.1, 0.15) is 114 Å². The zero-order chi connectivity index (χ0) is 22.0. The predicted molar refractivity (Wildman–Crippen MR) is 129 cm³/mol. The van der Waals surface area contributed by atoms with Crippen molar-refractivity contribution in [1.29, 1.82) is 0 Å². The Morgan fingerprint density at radius 3 is 1.73 bits per heavy atom. The van der Waals surface area contributed by atoms with Gasteiger partial charge in [0.05, 0.1) is 12.2 Å². The molecule has 1 aromatic carbocycles. The molecule has 0 radical (unpaired) electrons. The number of unbranched alkanes of at least 4 members (excludes halogenated alkanes) is 12. The van der Waals surface area contributed by atoms with Gasteiger partial charge < -0.3 is 9.64 Å². The summed E-state index contributed by atoms with van der Waals surface area (Å²) in [4.78, 5) is 13.8. The molecular weight excluding hydrogens is 370 g/mol. The Hall–Kier alpha value is -1.51. The number of ether oxygens (including phenoxy) is 1. The molecule has 0 saturated carbocycles. The lowest BCUT2D eigenvalue weighted by molar-refractivity contribution is 0.0823. The van der Waals surface area contributed by atoms with E-state index in [1.54, 1.807) is 19.0 Å². The summed E-state index contributed by atoms with van der Waals surface area (Å²) < 4.78 is 5.88. The minimum atomic E-state index is -0.00303. The molecule has 3 heteroatoms. The third-order valence-electron chi connectivity index (χ3n) is 5.71. The van der Waals surface area contributed by atoms with Crippen LogP contribution in [0.25, 0.3) is 0 Å². The lowest BCUT2D eigenvalue weighted by Gasteiger charge is -2.14. The van der Waals surface area contributed by atoms with Crippen molar-refractivity contribution in [2.45, 2.75) is 104 Å². The summed E-state index contributed by atoms with van der Waals surface area (Å²) >= 11 is 0. The standard InChI is InChI=1S/C27H47NO2/c1-24(2)20-16-14-12-10-8-6-5-7-9-11-13-15-19-23-30-26-22-18-17-21-25(26)27(29)28(3)4/h17-18,21-22,24H,5-16,19-20,23H2,1-4H3. The van der Waals surface area contributed by atoms with E-state index < -0.39 is 0 Å². The van der Waals surface area contributed by atoms with Gasteiger partial charge in [0.25, 0.3) is 5.91 Å². The molecule has 1 aromatic rings. The van der Waals surface area contributed by atoms with E-state index in [9.17, 15) is 4.79 Å². The van der Waals surface area contributed by atoms with Gasteiger partial charge in [-0.25, -0.2) is 0 Å². The predicted octanol–water partition coefficient (Wildman–Crippen LogP) is 7.88. The maximum atomic E-state index is 12.2. The molecule has 0 N–H and O–H groups in total. The van der Waals surface area contributed by atoms with E-state index in [1.807, 2.05) is 24.3 Å². The van der Waals surface area contributed by atoms with E-state index in [0.717, 1.165) is 12.3 Å². The van der Waals surface area contributed by atoms with Gasteiger partial charge in [-0.2, -0.15) is 0 Å². The molecule has 172 valence electrons. The van der Waals surface area contributed by atoms with Gasteiger partial charge in [-0.1, -0.05) is 109 Å². The van der Waals surface area contributed by atoms with Crippen molar-refractivity contribution in [3.05, 3.63) is 29.8 Å². The van der Waals surface area contributed by atoms with Crippen LogP contribution in [0, 0.1) is 5.92 Å². The van der Waals surface area contributed by atoms with E-state index in [1.165, 1.54) is 83.5 Å². The quantitative estimate of drug-likeness (QED) is 0.227. The van der Waals surface area contributed by atoms with Gasteiger partial charge in [0.1, 0.15) is 5.75 Å². The number of amides is 1. The SMILES string of the molecule is CC(C)CCCCCCCCCCCCCCCOc1ccccc1C(=O)N(C)C. The Bertz CT molecular complexity index is 554. The summed E-state index contributed by atoms with van der Waals surface area (Å²) in [5.41, 5.74) is 0.651. The second-order valence-electron chi connectivity index (χ2n) is 9.32. The molecule has 0 spiro atoms. The van der Waals surface area contributed by atoms with E-state index in [2.05, 4.69) is 13.8 Å². The molecule has 0 aliphatic carbocycles. The summed E-state index contributed by atoms with van der Waals surface area (Å²) in [5.74, 6) is 1.57. The van der Waals surface area contributed by atoms with Gasteiger partial charge in [-0.15, -0.1) is 0 Å². The average molecular weight is 418 g/mol. The van der Waals surface area contributed by atoms with Crippen LogP contribution in [0.3, 0.4) is 0 Å². The highest BCUT2D eigenvalue weighted by Crippen LogP contribution is 2.20. The lowest BCUT2D eigenvalue weighted by Crippen LogP contribution is -2.22. The van der Waals surface area contributed by atoms with Crippen LogP contribution in [-0.4, -0.2) is 31.5 Å². The van der Waals surface area contributed by atoms with Gasteiger partial charge in [-0.05, 0) is 24.5 Å². The Morgan fingerprint density at radius 1 is 0.767 bits per heavy atom. The van der Waals surface area contributed by atoms with Crippen LogP contribution >= 0.6 is 0 Å². The summed E-state index contributed by atoms with van der Waals surface area (Å²) in [6.45, 7) is 5.34. The van der Waals surface area contributed by atoms with Crippen molar-refractivity contribution in [3.63, 3.8) is 0 Å². The second kappa shape index (κ2) is 17.2. The van der Waals surface area contributed by atoms with E-state index in [4.69, 9.17) is 4.74 Å². The number of hydrogen-bond donors (Lipinski definition) is 0. The summed E-state index contributed by atoms with van der Waals surface area (Å²) in [6, 6.07) is 7.54. The van der Waals surface area contributed by atoms with Crippen LogP contribution in [0.4, 0.5) is 0 Å². The van der Waals surface area contributed by atoms with E-state index >= 15 is 0 Å². The summed E-state index contributed by atoms with van der Waals surface area (Å²) in [6.07, 6.45) is 19.0.